The van der Waals surface area contributed by atoms with Crippen LogP contribution < -0.4 is 0 Å². The second-order valence-corrected chi connectivity index (χ2v) is 8.03. The molecule has 3 aromatic rings. The van der Waals surface area contributed by atoms with Crippen LogP contribution in [0, 0.1) is 10.1 Å². The molecule has 1 aliphatic rings. The lowest BCUT2D eigenvalue weighted by Gasteiger charge is -2.39. The molecule has 0 radical (unpaired) electrons. The van der Waals surface area contributed by atoms with Gasteiger partial charge in [-0.25, -0.2) is 12.7 Å². The molecule has 1 aliphatic heterocycles. The van der Waals surface area contributed by atoms with Crippen LogP contribution in [0.25, 0.3) is 10.8 Å². The summed E-state index contributed by atoms with van der Waals surface area (Å²) in [6.45, 7) is 0. The normalized spacial score (nSPS) is 17.0. The SMILES string of the molecule is O=C1C[C@H](c2ccc3ccccc3c2)N1S(=O)(=O)c1ccccc1[N+](=O)[O-]. The highest BCUT2D eigenvalue weighted by atomic mass is 32.2. The number of amides is 1. The molecule has 0 spiro atoms. The van der Waals surface area contributed by atoms with E-state index in [4.69, 9.17) is 0 Å². The molecule has 7 nitrogen and oxygen atoms in total. The molecule has 0 aliphatic carbocycles. The number of hydrogen-bond donors (Lipinski definition) is 0. The van der Waals surface area contributed by atoms with Crippen LogP contribution in [0.15, 0.2) is 71.6 Å². The molecule has 4 rings (SSSR count). The number of hydrogen-bond acceptors (Lipinski definition) is 5. The van der Waals surface area contributed by atoms with Gasteiger partial charge in [0.1, 0.15) is 0 Å². The van der Waals surface area contributed by atoms with E-state index >= 15 is 0 Å². The molecule has 1 amide bonds. The number of para-hydroxylation sites is 1. The maximum atomic E-state index is 13.0. The van der Waals surface area contributed by atoms with Gasteiger partial charge in [-0.1, -0.05) is 48.5 Å². The Morgan fingerprint density at radius 1 is 0.963 bits per heavy atom. The van der Waals surface area contributed by atoms with Crippen molar-refractivity contribution in [2.24, 2.45) is 0 Å². The van der Waals surface area contributed by atoms with Crippen molar-refractivity contribution >= 4 is 32.4 Å². The summed E-state index contributed by atoms with van der Waals surface area (Å²) in [6.07, 6.45) is 0.0399. The first-order valence-electron chi connectivity index (χ1n) is 8.19. The van der Waals surface area contributed by atoms with Gasteiger partial charge in [0, 0.05) is 6.07 Å². The van der Waals surface area contributed by atoms with Gasteiger partial charge in [-0.05, 0) is 28.5 Å². The molecule has 1 heterocycles. The summed E-state index contributed by atoms with van der Waals surface area (Å²) < 4.78 is 26.7. The Labute approximate surface area is 155 Å². The lowest BCUT2D eigenvalue weighted by atomic mass is 9.95. The number of nitro benzene ring substituents is 1. The van der Waals surface area contributed by atoms with Crippen LogP contribution in [0.5, 0.6) is 0 Å². The minimum Gasteiger partial charge on any atom is -0.274 e. The Bertz CT molecular complexity index is 1190. The van der Waals surface area contributed by atoms with Crippen LogP contribution in [0.2, 0.25) is 0 Å². The molecular formula is C19H14N2O5S. The number of sulfonamides is 1. The van der Waals surface area contributed by atoms with Gasteiger partial charge in [-0.3, -0.25) is 14.9 Å². The first kappa shape index (κ1) is 17.2. The average molecular weight is 382 g/mol. The smallest absolute Gasteiger partial charge is 0.274 e. The number of carbonyl (C=O) groups is 1. The highest BCUT2D eigenvalue weighted by molar-refractivity contribution is 7.90. The lowest BCUT2D eigenvalue weighted by molar-refractivity contribution is -0.387. The average Bonchev–Trinajstić information content (AvgIpc) is 2.65. The van der Waals surface area contributed by atoms with Crippen LogP contribution in [0.4, 0.5) is 5.69 Å². The topological polar surface area (TPSA) is 97.6 Å². The number of benzene rings is 3. The highest BCUT2D eigenvalue weighted by Gasteiger charge is 2.47. The first-order chi connectivity index (χ1) is 12.9. The van der Waals surface area contributed by atoms with Crippen molar-refractivity contribution in [3.63, 3.8) is 0 Å². The summed E-state index contributed by atoms with van der Waals surface area (Å²) in [5, 5.41) is 13.1. The zero-order valence-corrected chi connectivity index (χ0v) is 14.8. The second-order valence-electron chi connectivity index (χ2n) is 6.25. The number of β-lactam (4-membered cyclic amide) rings is 1. The molecule has 0 unspecified atom stereocenters. The largest absolute Gasteiger partial charge is 0.289 e. The van der Waals surface area contributed by atoms with Crippen molar-refractivity contribution in [2.75, 3.05) is 0 Å². The Hall–Kier alpha value is -3.26. The maximum Gasteiger partial charge on any atom is 0.289 e. The molecule has 0 bridgehead atoms. The standard InChI is InChI=1S/C19H14N2O5S/c22-19-12-17(15-10-9-13-5-1-2-6-14(13)11-15)20(19)27(25,26)18-8-4-3-7-16(18)21(23)24/h1-11,17H,12H2/t17-/m1/s1. The van der Waals surface area contributed by atoms with E-state index < -0.39 is 37.5 Å². The van der Waals surface area contributed by atoms with Crippen LogP contribution in [-0.2, 0) is 14.8 Å². The minimum atomic E-state index is -4.34. The third-order valence-electron chi connectivity index (χ3n) is 4.65. The Kier molecular flexibility index (Phi) is 3.92. The van der Waals surface area contributed by atoms with Crippen molar-refractivity contribution < 1.29 is 18.1 Å². The van der Waals surface area contributed by atoms with Crippen molar-refractivity contribution in [3.8, 4) is 0 Å². The van der Waals surface area contributed by atoms with Gasteiger partial charge in [0.05, 0.1) is 17.4 Å². The van der Waals surface area contributed by atoms with E-state index in [2.05, 4.69) is 0 Å². The van der Waals surface area contributed by atoms with Crippen molar-refractivity contribution in [1.82, 2.24) is 4.31 Å². The monoisotopic (exact) mass is 382 g/mol. The predicted octanol–water partition coefficient (Wildman–Crippen LogP) is 3.41. The van der Waals surface area contributed by atoms with Gasteiger partial charge in [0.2, 0.25) is 5.91 Å². The second kappa shape index (κ2) is 6.17. The molecule has 27 heavy (non-hydrogen) atoms. The van der Waals surface area contributed by atoms with E-state index in [1.165, 1.54) is 12.1 Å². The van der Waals surface area contributed by atoms with Crippen LogP contribution >= 0.6 is 0 Å². The van der Waals surface area contributed by atoms with Crippen molar-refractivity contribution in [1.29, 1.82) is 0 Å². The molecular weight excluding hydrogens is 368 g/mol. The number of fused-ring (bicyclic) bond motifs is 1. The van der Waals surface area contributed by atoms with Crippen LogP contribution in [0.3, 0.4) is 0 Å². The lowest BCUT2D eigenvalue weighted by Crippen LogP contribution is -2.49. The zero-order chi connectivity index (χ0) is 19.2. The van der Waals surface area contributed by atoms with Gasteiger partial charge in [0.15, 0.2) is 4.90 Å². The fourth-order valence-corrected chi connectivity index (χ4v) is 5.04. The molecule has 8 heteroatoms. The fourth-order valence-electron chi connectivity index (χ4n) is 3.30. The molecule has 136 valence electrons. The van der Waals surface area contributed by atoms with E-state index in [0.717, 1.165) is 27.2 Å². The highest BCUT2D eigenvalue weighted by Crippen LogP contribution is 2.41. The first-order valence-corrected chi connectivity index (χ1v) is 9.63. The minimum absolute atomic E-state index is 0.0399. The summed E-state index contributed by atoms with van der Waals surface area (Å²) in [5.41, 5.74) is 0.130. The third-order valence-corrected chi connectivity index (χ3v) is 6.53. The molecule has 0 N–H and O–H groups in total. The van der Waals surface area contributed by atoms with Gasteiger partial charge in [-0.2, -0.15) is 0 Å². The molecule has 1 atom stereocenters. The van der Waals surface area contributed by atoms with E-state index in [9.17, 15) is 23.3 Å². The maximum absolute atomic E-state index is 13.0. The van der Waals surface area contributed by atoms with E-state index in [1.807, 2.05) is 36.4 Å². The Balaban J connectivity index is 1.78. The number of rotatable bonds is 4. The van der Waals surface area contributed by atoms with Gasteiger partial charge in [0.25, 0.3) is 15.7 Å². The summed E-state index contributed by atoms with van der Waals surface area (Å²) in [6, 6.07) is 17.5. The van der Waals surface area contributed by atoms with E-state index in [0.29, 0.717) is 5.56 Å². The van der Waals surface area contributed by atoms with Crippen molar-refractivity contribution in [3.05, 3.63) is 82.4 Å². The molecule has 1 fully saturated rings. The van der Waals surface area contributed by atoms with Gasteiger partial charge < -0.3 is 0 Å². The van der Waals surface area contributed by atoms with Crippen LogP contribution in [-0.4, -0.2) is 23.6 Å². The Morgan fingerprint density at radius 3 is 2.33 bits per heavy atom. The summed E-state index contributed by atoms with van der Waals surface area (Å²) in [7, 11) is -4.34. The van der Waals surface area contributed by atoms with Crippen LogP contribution in [0.1, 0.15) is 18.0 Å². The quantitative estimate of drug-likeness (QED) is 0.391. The van der Waals surface area contributed by atoms with Gasteiger partial charge in [-0.15, -0.1) is 0 Å². The van der Waals surface area contributed by atoms with E-state index in [1.54, 1.807) is 6.07 Å². The third kappa shape index (κ3) is 2.74. The summed E-state index contributed by atoms with van der Waals surface area (Å²) in [4.78, 5) is 22.1. The molecule has 3 aromatic carbocycles. The predicted molar refractivity (Wildman–Crippen MR) is 98.4 cm³/mol. The summed E-state index contributed by atoms with van der Waals surface area (Å²) in [5.74, 6) is -0.577. The zero-order valence-electron chi connectivity index (χ0n) is 14.0. The van der Waals surface area contributed by atoms with Crippen molar-refractivity contribution in [2.45, 2.75) is 17.4 Å². The summed E-state index contributed by atoms with van der Waals surface area (Å²) >= 11 is 0. The molecule has 0 aromatic heterocycles. The molecule has 0 saturated carbocycles. The van der Waals surface area contributed by atoms with E-state index in [-0.39, 0.29) is 6.42 Å². The number of carbonyl (C=O) groups excluding carboxylic acids is 1. The number of nitrogens with zero attached hydrogens (tertiary/aromatic N) is 2. The molecule has 1 saturated heterocycles. The number of nitro groups is 1. The Morgan fingerprint density at radius 2 is 1.63 bits per heavy atom. The van der Waals surface area contributed by atoms with Gasteiger partial charge >= 0.3 is 0 Å². The fraction of sp³-hybridized carbons (Fsp3) is 0.105.